The van der Waals surface area contributed by atoms with E-state index >= 15 is 0 Å². The topological polar surface area (TPSA) is 98.9 Å². The van der Waals surface area contributed by atoms with Crippen molar-refractivity contribution in [2.75, 3.05) is 33.3 Å². The number of aliphatic hydroxyl groups excluding tert-OH is 1. The van der Waals surface area contributed by atoms with E-state index in [4.69, 9.17) is 4.52 Å². The van der Waals surface area contributed by atoms with Gasteiger partial charge in [0.1, 0.15) is 18.1 Å². The predicted octanol–water partition coefficient (Wildman–Crippen LogP) is 0.473. The highest BCUT2D eigenvalue weighted by Gasteiger charge is 2.53. The summed E-state index contributed by atoms with van der Waals surface area (Å²) in [7, 11) is 2.01. The van der Waals surface area contributed by atoms with Crippen LogP contribution in [-0.4, -0.2) is 71.2 Å². The zero-order valence-electron chi connectivity index (χ0n) is 15.8. The average molecular weight is 376 g/mol. The molecule has 0 spiro atoms. The molecule has 2 N–H and O–H groups in total. The Balaban J connectivity index is 1.48. The molecule has 0 radical (unpaired) electrons. The molecule has 1 saturated carbocycles. The third kappa shape index (κ3) is 3.48. The number of fused-ring (bicyclic) bond motifs is 1. The van der Waals surface area contributed by atoms with Gasteiger partial charge in [0.25, 0.3) is 0 Å². The van der Waals surface area contributed by atoms with Crippen molar-refractivity contribution in [3.05, 3.63) is 17.5 Å². The molecule has 2 aliphatic heterocycles. The van der Waals surface area contributed by atoms with Crippen LogP contribution in [0.1, 0.15) is 49.5 Å². The summed E-state index contributed by atoms with van der Waals surface area (Å²) in [4.78, 5) is 29.4. The number of hydrogen-bond donors (Lipinski definition) is 2. The second-order valence-corrected chi connectivity index (χ2v) is 8.21. The van der Waals surface area contributed by atoms with Crippen LogP contribution in [0.2, 0.25) is 0 Å². The Kier molecular flexibility index (Phi) is 4.94. The van der Waals surface area contributed by atoms with Crippen molar-refractivity contribution in [3.63, 3.8) is 0 Å². The summed E-state index contributed by atoms with van der Waals surface area (Å²) in [6.45, 7) is 1.89. The van der Waals surface area contributed by atoms with E-state index < -0.39 is 12.0 Å². The number of likely N-dealkylation sites (tertiary alicyclic amines) is 2. The molecule has 2 atom stereocenters. The molecular weight excluding hydrogens is 348 g/mol. The number of aliphatic hydroxyl groups is 1. The van der Waals surface area contributed by atoms with Crippen LogP contribution in [-0.2, 0) is 16.1 Å². The largest absolute Gasteiger partial charge is 0.387 e. The lowest BCUT2D eigenvalue weighted by atomic mass is 9.67. The summed E-state index contributed by atoms with van der Waals surface area (Å²) < 4.78 is 5.36. The molecule has 2 saturated heterocycles. The van der Waals surface area contributed by atoms with Gasteiger partial charge in [-0.25, -0.2) is 0 Å². The monoisotopic (exact) mass is 376 g/mol. The minimum absolute atomic E-state index is 0.0213. The first-order valence-corrected chi connectivity index (χ1v) is 9.86. The summed E-state index contributed by atoms with van der Waals surface area (Å²) in [6.07, 6.45) is 4.54. The van der Waals surface area contributed by atoms with Crippen LogP contribution in [0, 0.1) is 5.41 Å². The molecule has 0 unspecified atom stereocenters. The minimum Gasteiger partial charge on any atom is -0.387 e. The molecule has 3 fully saturated rings. The highest BCUT2D eigenvalue weighted by Crippen LogP contribution is 2.43. The lowest BCUT2D eigenvalue weighted by molar-refractivity contribution is -0.155. The summed E-state index contributed by atoms with van der Waals surface area (Å²) in [5.41, 5.74) is 0.142. The zero-order chi connectivity index (χ0) is 19.0. The first-order chi connectivity index (χ1) is 13.0. The predicted molar refractivity (Wildman–Crippen MR) is 96.7 cm³/mol. The molecule has 3 heterocycles. The fourth-order valence-electron chi connectivity index (χ4n) is 4.61. The third-order valence-corrected chi connectivity index (χ3v) is 6.36. The number of nitrogens with zero attached hydrogens (tertiary/aromatic N) is 3. The van der Waals surface area contributed by atoms with Gasteiger partial charge in [-0.2, -0.15) is 0 Å². The number of aromatic nitrogens is 1. The first kappa shape index (κ1) is 18.4. The van der Waals surface area contributed by atoms with E-state index in [1.54, 1.807) is 4.90 Å². The molecule has 2 amide bonds. The maximum atomic E-state index is 13.3. The number of likely N-dealkylation sites (N-methyl/N-ethyl adjacent to an activating group) is 1. The molecule has 3 aliphatic rings. The highest BCUT2D eigenvalue weighted by molar-refractivity contribution is 5.86. The molecule has 8 nitrogen and oxygen atoms in total. The van der Waals surface area contributed by atoms with Gasteiger partial charge in [-0.05, 0) is 45.7 Å². The van der Waals surface area contributed by atoms with Gasteiger partial charge < -0.3 is 24.7 Å². The second-order valence-electron chi connectivity index (χ2n) is 8.21. The number of carbonyl (C=O) groups is 2. The molecule has 1 aromatic heterocycles. The van der Waals surface area contributed by atoms with Crippen molar-refractivity contribution in [2.45, 2.75) is 50.6 Å². The van der Waals surface area contributed by atoms with Gasteiger partial charge in [-0.1, -0.05) is 5.16 Å². The van der Waals surface area contributed by atoms with E-state index in [9.17, 15) is 14.7 Å². The van der Waals surface area contributed by atoms with Crippen molar-refractivity contribution in [1.29, 1.82) is 0 Å². The zero-order valence-corrected chi connectivity index (χ0v) is 15.8. The standard InChI is InChI=1S/C19H28N4O4/c1-22-8-6-19(5-2-7-23(16(19)11-22)17(25)12-24)18(26)20-10-14-9-15(27-21-14)13-3-4-13/h9,13,16,24H,2-8,10-12H2,1H3,(H,20,26)/t16-,19-/m1/s1. The number of rotatable bonds is 5. The van der Waals surface area contributed by atoms with Gasteiger partial charge in [-0.15, -0.1) is 0 Å². The Labute approximate surface area is 158 Å². The highest BCUT2D eigenvalue weighted by atomic mass is 16.5. The molecule has 8 heteroatoms. The van der Waals surface area contributed by atoms with E-state index in [-0.39, 0.29) is 17.9 Å². The van der Waals surface area contributed by atoms with E-state index in [0.29, 0.717) is 32.0 Å². The summed E-state index contributed by atoms with van der Waals surface area (Å²) in [5.74, 6) is 1.09. The Bertz CT molecular complexity index is 716. The maximum absolute atomic E-state index is 13.3. The van der Waals surface area contributed by atoms with Crippen LogP contribution in [0.3, 0.4) is 0 Å². The van der Waals surface area contributed by atoms with Crippen LogP contribution in [0.4, 0.5) is 0 Å². The van der Waals surface area contributed by atoms with E-state index in [0.717, 1.165) is 43.7 Å². The summed E-state index contributed by atoms with van der Waals surface area (Å²) in [6, 6.07) is 1.73. The van der Waals surface area contributed by atoms with Crippen LogP contribution in [0.5, 0.6) is 0 Å². The molecule has 0 bridgehead atoms. The quantitative estimate of drug-likeness (QED) is 0.775. The fraction of sp³-hybridized carbons (Fsp3) is 0.737. The smallest absolute Gasteiger partial charge is 0.248 e. The van der Waals surface area contributed by atoms with Crippen LogP contribution in [0.25, 0.3) is 0 Å². The van der Waals surface area contributed by atoms with Crippen molar-refractivity contribution < 1.29 is 19.2 Å². The molecule has 1 aromatic rings. The molecule has 1 aliphatic carbocycles. The third-order valence-electron chi connectivity index (χ3n) is 6.36. The average Bonchev–Trinajstić information content (AvgIpc) is 3.43. The Hall–Kier alpha value is -1.93. The maximum Gasteiger partial charge on any atom is 0.248 e. The van der Waals surface area contributed by atoms with Gasteiger partial charge in [0.05, 0.1) is 18.0 Å². The van der Waals surface area contributed by atoms with Gasteiger partial charge >= 0.3 is 0 Å². The number of hydrogen-bond acceptors (Lipinski definition) is 6. The molecular formula is C19H28N4O4. The van der Waals surface area contributed by atoms with Crippen molar-refractivity contribution >= 4 is 11.8 Å². The normalized spacial score (nSPS) is 28.7. The SMILES string of the molecule is CN1CC[C@]2(C(=O)NCc3cc(C4CC4)on3)CCCN(C(=O)CO)[C@@H]2C1. The van der Waals surface area contributed by atoms with Gasteiger partial charge in [0.15, 0.2) is 0 Å². The number of amides is 2. The van der Waals surface area contributed by atoms with Crippen LogP contribution >= 0.6 is 0 Å². The van der Waals surface area contributed by atoms with Gasteiger partial charge in [0.2, 0.25) is 11.8 Å². The van der Waals surface area contributed by atoms with Crippen molar-refractivity contribution in [2.24, 2.45) is 5.41 Å². The molecule has 148 valence electrons. The molecule has 27 heavy (non-hydrogen) atoms. The lowest BCUT2D eigenvalue weighted by Crippen LogP contribution is -2.66. The Morgan fingerprint density at radius 1 is 1.37 bits per heavy atom. The van der Waals surface area contributed by atoms with Crippen molar-refractivity contribution in [3.8, 4) is 0 Å². The lowest BCUT2D eigenvalue weighted by Gasteiger charge is -2.53. The molecule has 0 aromatic carbocycles. The first-order valence-electron chi connectivity index (χ1n) is 9.86. The number of nitrogens with one attached hydrogen (secondary N) is 1. The van der Waals surface area contributed by atoms with Crippen LogP contribution < -0.4 is 5.32 Å². The minimum atomic E-state index is -0.599. The van der Waals surface area contributed by atoms with Crippen LogP contribution in [0.15, 0.2) is 10.6 Å². The Morgan fingerprint density at radius 2 is 2.19 bits per heavy atom. The summed E-state index contributed by atoms with van der Waals surface area (Å²) >= 11 is 0. The second kappa shape index (κ2) is 7.24. The van der Waals surface area contributed by atoms with E-state index in [1.807, 2.05) is 13.1 Å². The summed E-state index contributed by atoms with van der Waals surface area (Å²) in [5, 5.41) is 16.5. The fourth-order valence-corrected chi connectivity index (χ4v) is 4.61. The van der Waals surface area contributed by atoms with Gasteiger partial charge in [0, 0.05) is 25.1 Å². The molecule has 4 rings (SSSR count). The Morgan fingerprint density at radius 3 is 2.93 bits per heavy atom. The van der Waals surface area contributed by atoms with Gasteiger partial charge in [-0.3, -0.25) is 9.59 Å². The number of carbonyl (C=O) groups excluding carboxylic acids is 2. The van der Waals surface area contributed by atoms with E-state index in [2.05, 4.69) is 15.4 Å². The number of piperidine rings is 2. The van der Waals surface area contributed by atoms with Crippen molar-refractivity contribution in [1.82, 2.24) is 20.3 Å². The van der Waals surface area contributed by atoms with E-state index in [1.165, 1.54) is 0 Å².